The number of hydrogen-bond acceptors (Lipinski definition) is 3. The molecule has 5 rings (SSSR count). The van der Waals surface area contributed by atoms with Crippen LogP contribution in [0, 0.1) is 0 Å². The largest absolute Gasteiger partial charge is 0.508 e. The second-order valence-corrected chi connectivity index (χ2v) is 12.1. The van der Waals surface area contributed by atoms with Crippen LogP contribution in [0.15, 0.2) is 140 Å². The molecule has 0 unspecified atom stereocenters. The molecule has 0 fully saturated rings. The Balaban J connectivity index is 1.54. The third-order valence-corrected chi connectivity index (χ3v) is 8.67. The fraction of sp³-hybridized carbons (Fsp3) is 0.268. The maximum atomic E-state index is 11.3. The molecular weight excluding hydrogens is 538 g/mol. The van der Waals surface area contributed by atoms with Gasteiger partial charge in [-0.3, -0.25) is 4.90 Å². The molecule has 0 aliphatic heterocycles. The third kappa shape index (κ3) is 6.96. The number of aromatic hydroxyl groups is 1. The molecule has 0 aliphatic carbocycles. The van der Waals surface area contributed by atoms with Crippen molar-refractivity contribution in [1.82, 2.24) is 4.90 Å². The first-order valence-corrected chi connectivity index (χ1v) is 15.8. The topological polar surface area (TPSA) is 32.7 Å². The zero-order chi connectivity index (χ0) is 30.9. The van der Waals surface area contributed by atoms with Crippen molar-refractivity contribution in [1.29, 1.82) is 0 Å². The van der Waals surface area contributed by atoms with E-state index in [1.807, 2.05) is 30.3 Å². The Labute approximate surface area is 263 Å². The summed E-state index contributed by atoms with van der Waals surface area (Å²) in [5.74, 6) is 0.377. The van der Waals surface area contributed by atoms with Crippen LogP contribution in [0.3, 0.4) is 0 Å². The van der Waals surface area contributed by atoms with Crippen LogP contribution >= 0.6 is 0 Å². The van der Waals surface area contributed by atoms with Crippen LogP contribution in [0.1, 0.15) is 73.4 Å². The molecule has 1 N–H and O–H groups in total. The molecule has 0 saturated heterocycles. The van der Waals surface area contributed by atoms with Crippen LogP contribution in [0.5, 0.6) is 5.75 Å². The molecule has 0 amide bonds. The smallest absolute Gasteiger partial charge is 0.144 e. The van der Waals surface area contributed by atoms with E-state index < -0.39 is 5.60 Å². The van der Waals surface area contributed by atoms with E-state index in [2.05, 4.69) is 142 Å². The normalized spacial score (nSPS) is 12.6. The van der Waals surface area contributed by atoms with E-state index in [1.54, 1.807) is 0 Å². The van der Waals surface area contributed by atoms with Crippen molar-refractivity contribution in [3.05, 3.63) is 173 Å². The number of phenols is 1. The van der Waals surface area contributed by atoms with Gasteiger partial charge in [0.1, 0.15) is 11.4 Å². The SMILES string of the molecule is CC(C)N(CC[C@H](c1ccccc1)c1cc(COC(c2ccccc2)(c2ccccc2)c2ccccc2)ccc1O)C(C)C. The van der Waals surface area contributed by atoms with Crippen LogP contribution in [0.25, 0.3) is 0 Å². The minimum absolute atomic E-state index is 0.0540. The average molecular weight is 584 g/mol. The van der Waals surface area contributed by atoms with E-state index in [-0.39, 0.29) is 5.92 Å². The van der Waals surface area contributed by atoms with E-state index in [0.717, 1.165) is 40.8 Å². The van der Waals surface area contributed by atoms with Gasteiger partial charge in [0.15, 0.2) is 0 Å². The Kier molecular flexibility index (Phi) is 10.3. The van der Waals surface area contributed by atoms with Crippen LogP contribution in [-0.4, -0.2) is 28.6 Å². The molecule has 226 valence electrons. The van der Waals surface area contributed by atoms with Gasteiger partial charge in [-0.25, -0.2) is 0 Å². The molecule has 0 radical (unpaired) electrons. The van der Waals surface area contributed by atoms with Crippen molar-refractivity contribution in [3.8, 4) is 5.75 Å². The van der Waals surface area contributed by atoms with E-state index in [0.29, 0.717) is 24.4 Å². The van der Waals surface area contributed by atoms with Crippen molar-refractivity contribution >= 4 is 0 Å². The second kappa shape index (κ2) is 14.5. The highest BCUT2D eigenvalue weighted by Gasteiger charge is 2.37. The summed E-state index contributed by atoms with van der Waals surface area (Å²) in [6.07, 6.45) is 0.903. The molecule has 0 spiro atoms. The van der Waals surface area contributed by atoms with Crippen molar-refractivity contribution in [3.63, 3.8) is 0 Å². The predicted molar refractivity (Wildman–Crippen MR) is 182 cm³/mol. The quantitative estimate of drug-likeness (QED) is 0.140. The standard InChI is InChI=1S/C41H45NO2/c1-31(2)42(32(3)4)28-27-38(34-17-9-5-10-18-34)39-29-33(25-26-40(39)43)30-44-41(35-19-11-6-12-20-35,36-21-13-7-14-22-36)37-23-15-8-16-24-37/h5-26,29,31-32,38,43H,27-28,30H2,1-4H3/t38-/m1/s1. The predicted octanol–water partition coefficient (Wildman–Crippen LogP) is 9.54. The summed E-state index contributed by atoms with van der Waals surface area (Å²) >= 11 is 0. The number of ether oxygens (including phenoxy) is 1. The summed E-state index contributed by atoms with van der Waals surface area (Å²) in [6.45, 7) is 10.3. The summed E-state index contributed by atoms with van der Waals surface area (Å²) < 4.78 is 7.13. The second-order valence-electron chi connectivity index (χ2n) is 12.1. The Bertz CT molecular complexity index is 1460. The summed E-state index contributed by atoms with van der Waals surface area (Å²) in [6, 6.07) is 48.8. The highest BCUT2D eigenvalue weighted by atomic mass is 16.5. The van der Waals surface area contributed by atoms with Gasteiger partial charge >= 0.3 is 0 Å². The molecule has 0 aromatic heterocycles. The summed E-state index contributed by atoms with van der Waals surface area (Å²) in [4.78, 5) is 2.52. The van der Waals surface area contributed by atoms with Crippen LogP contribution in [0.2, 0.25) is 0 Å². The van der Waals surface area contributed by atoms with Crippen LogP contribution < -0.4 is 0 Å². The summed E-state index contributed by atoms with van der Waals surface area (Å²) in [5.41, 5.74) is 5.57. The van der Waals surface area contributed by atoms with E-state index in [1.165, 1.54) is 5.56 Å². The molecule has 1 atom stereocenters. The van der Waals surface area contributed by atoms with E-state index in [4.69, 9.17) is 4.74 Å². The van der Waals surface area contributed by atoms with Gasteiger partial charge < -0.3 is 9.84 Å². The molecule has 0 heterocycles. The zero-order valence-corrected chi connectivity index (χ0v) is 26.4. The molecule has 0 saturated carbocycles. The van der Waals surface area contributed by atoms with Crippen molar-refractivity contribution in [2.75, 3.05) is 6.54 Å². The van der Waals surface area contributed by atoms with E-state index in [9.17, 15) is 5.11 Å². The maximum Gasteiger partial charge on any atom is 0.144 e. The Morgan fingerprint density at radius 3 is 1.52 bits per heavy atom. The number of nitrogens with zero attached hydrogens (tertiary/aromatic N) is 1. The van der Waals surface area contributed by atoms with Crippen molar-refractivity contribution < 1.29 is 9.84 Å². The fourth-order valence-electron chi connectivity index (χ4n) is 6.51. The summed E-state index contributed by atoms with van der Waals surface area (Å²) in [7, 11) is 0. The Hall–Kier alpha value is -4.18. The Morgan fingerprint density at radius 1 is 0.614 bits per heavy atom. The first-order valence-electron chi connectivity index (χ1n) is 15.8. The molecule has 44 heavy (non-hydrogen) atoms. The van der Waals surface area contributed by atoms with Crippen LogP contribution in [0.4, 0.5) is 0 Å². The third-order valence-electron chi connectivity index (χ3n) is 8.67. The number of phenolic OH excluding ortho intramolecular Hbond substituents is 1. The van der Waals surface area contributed by atoms with Crippen LogP contribution in [-0.2, 0) is 16.9 Å². The Morgan fingerprint density at radius 2 is 1.07 bits per heavy atom. The van der Waals surface area contributed by atoms with E-state index >= 15 is 0 Å². The number of benzene rings is 5. The lowest BCUT2D eigenvalue weighted by molar-refractivity contribution is 0.000196. The minimum atomic E-state index is -0.810. The zero-order valence-electron chi connectivity index (χ0n) is 26.4. The van der Waals surface area contributed by atoms with Gasteiger partial charge in [0.05, 0.1) is 6.61 Å². The lowest BCUT2D eigenvalue weighted by atomic mass is 9.80. The monoisotopic (exact) mass is 583 g/mol. The average Bonchev–Trinajstić information content (AvgIpc) is 3.06. The number of hydrogen-bond donors (Lipinski definition) is 1. The number of rotatable bonds is 13. The highest BCUT2D eigenvalue weighted by molar-refractivity contribution is 5.48. The molecular formula is C41H45NO2. The molecule has 5 aromatic carbocycles. The lowest BCUT2D eigenvalue weighted by Gasteiger charge is -2.36. The maximum absolute atomic E-state index is 11.3. The van der Waals surface area contributed by atoms with Gasteiger partial charge in [0, 0.05) is 23.6 Å². The molecule has 3 nitrogen and oxygen atoms in total. The van der Waals surface area contributed by atoms with Gasteiger partial charge in [-0.1, -0.05) is 127 Å². The van der Waals surface area contributed by atoms with Crippen molar-refractivity contribution in [2.24, 2.45) is 0 Å². The van der Waals surface area contributed by atoms with Gasteiger partial charge in [0.25, 0.3) is 0 Å². The molecule has 5 aromatic rings. The van der Waals surface area contributed by atoms with Gasteiger partial charge in [-0.05, 0) is 80.6 Å². The first-order chi connectivity index (χ1) is 21.4. The molecule has 0 bridgehead atoms. The summed E-state index contributed by atoms with van der Waals surface area (Å²) in [5, 5.41) is 11.3. The minimum Gasteiger partial charge on any atom is -0.508 e. The lowest BCUT2D eigenvalue weighted by Crippen LogP contribution is -2.38. The molecule has 3 heteroatoms. The van der Waals surface area contributed by atoms with Crippen molar-refractivity contribution in [2.45, 2.75) is 64.3 Å². The highest BCUT2D eigenvalue weighted by Crippen LogP contribution is 2.42. The van der Waals surface area contributed by atoms with Gasteiger partial charge in [-0.15, -0.1) is 0 Å². The fourth-order valence-corrected chi connectivity index (χ4v) is 6.51. The van der Waals surface area contributed by atoms with Gasteiger partial charge in [0.2, 0.25) is 0 Å². The first kappa shape index (κ1) is 31.3. The van der Waals surface area contributed by atoms with Gasteiger partial charge in [-0.2, -0.15) is 0 Å². The molecule has 0 aliphatic rings.